The molecule has 2 N–H and O–H groups in total. The van der Waals surface area contributed by atoms with Crippen molar-refractivity contribution >= 4 is 11.2 Å². The van der Waals surface area contributed by atoms with Crippen molar-refractivity contribution in [2.45, 2.75) is 59.3 Å². The summed E-state index contributed by atoms with van der Waals surface area (Å²) in [6, 6.07) is 6.54. The largest absolute Gasteiger partial charge is 0.314 e. The van der Waals surface area contributed by atoms with Gasteiger partial charge in [0.25, 0.3) is 0 Å². The number of benzene rings is 1. The average molecular weight is 366 g/mol. The Morgan fingerprint density at radius 1 is 1.07 bits per heavy atom. The van der Waals surface area contributed by atoms with E-state index in [4.69, 9.17) is 5.84 Å². The molecule has 3 aromatic rings. The highest BCUT2D eigenvalue weighted by atomic mass is 15.4. The van der Waals surface area contributed by atoms with Crippen molar-refractivity contribution in [3.63, 3.8) is 0 Å². The summed E-state index contributed by atoms with van der Waals surface area (Å²) in [6.45, 7) is 11.1. The van der Waals surface area contributed by atoms with Gasteiger partial charge in [-0.15, -0.1) is 0 Å². The van der Waals surface area contributed by atoms with E-state index in [2.05, 4.69) is 63.0 Å². The van der Waals surface area contributed by atoms with Gasteiger partial charge in [0.2, 0.25) is 0 Å². The fourth-order valence-electron chi connectivity index (χ4n) is 3.89. The molecule has 0 amide bonds. The first-order valence-electron chi connectivity index (χ1n) is 9.83. The molecule has 0 aliphatic rings. The van der Waals surface area contributed by atoms with Crippen LogP contribution in [0.15, 0.2) is 30.6 Å². The predicted octanol–water partition coefficient (Wildman–Crippen LogP) is 4.91. The van der Waals surface area contributed by atoms with Gasteiger partial charge in [-0.1, -0.05) is 47.1 Å². The molecule has 2 aromatic heterocycles. The second kappa shape index (κ2) is 7.69. The minimum Gasteiger partial charge on any atom is -0.314 e. The van der Waals surface area contributed by atoms with Crippen LogP contribution in [0.4, 0.5) is 5.69 Å². The van der Waals surface area contributed by atoms with Crippen molar-refractivity contribution in [2.75, 3.05) is 12.1 Å². The quantitative estimate of drug-likeness (QED) is 0.498. The standard InChI is InChI=1S/C22H31N5/c1-7-8-18-20(26(6)23)10-9-17(22(18)15(4)5)16-11-21-19(14(2)3)13-25-27(21)24-12-16/h9-15H,7-8,23H2,1-6H3. The summed E-state index contributed by atoms with van der Waals surface area (Å²) in [6.07, 6.45) is 5.95. The topological polar surface area (TPSA) is 59.5 Å². The van der Waals surface area contributed by atoms with Gasteiger partial charge in [0.1, 0.15) is 0 Å². The first kappa shape index (κ1) is 19.4. The van der Waals surface area contributed by atoms with Gasteiger partial charge < -0.3 is 5.01 Å². The fraction of sp³-hybridized carbons (Fsp3) is 0.455. The Bertz CT molecular complexity index is 937. The number of anilines is 1. The molecule has 0 bridgehead atoms. The molecule has 0 saturated carbocycles. The van der Waals surface area contributed by atoms with Crippen molar-refractivity contribution in [2.24, 2.45) is 5.84 Å². The van der Waals surface area contributed by atoms with Gasteiger partial charge in [-0.3, -0.25) is 0 Å². The molecular weight excluding hydrogens is 334 g/mol. The Labute approximate surface area is 162 Å². The van der Waals surface area contributed by atoms with Crippen molar-refractivity contribution in [1.29, 1.82) is 0 Å². The molecule has 27 heavy (non-hydrogen) atoms. The number of rotatable bonds is 6. The highest BCUT2D eigenvalue weighted by Crippen LogP contribution is 2.37. The number of nitrogens with two attached hydrogens (primary N) is 1. The van der Waals surface area contributed by atoms with E-state index < -0.39 is 0 Å². The minimum atomic E-state index is 0.396. The van der Waals surface area contributed by atoms with E-state index in [-0.39, 0.29) is 0 Å². The predicted molar refractivity (Wildman–Crippen MR) is 113 cm³/mol. The molecule has 0 unspecified atom stereocenters. The Balaban J connectivity index is 2.26. The summed E-state index contributed by atoms with van der Waals surface area (Å²) in [5, 5.41) is 10.7. The molecule has 3 rings (SSSR count). The van der Waals surface area contributed by atoms with E-state index in [0.29, 0.717) is 11.8 Å². The van der Waals surface area contributed by atoms with Gasteiger partial charge in [0, 0.05) is 18.2 Å². The Hall–Kier alpha value is -2.40. The van der Waals surface area contributed by atoms with Crippen LogP contribution in [-0.4, -0.2) is 21.9 Å². The maximum atomic E-state index is 6.13. The maximum absolute atomic E-state index is 6.13. The van der Waals surface area contributed by atoms with Crippen LogP contribution in [-0.2, 0) is 6.42 Å². The molecule has 0 spiro atoms. The van der Waals surface area contributed by atoms with Crippen molar-refractivity contribution in [3.05, 3.63) is 47.3 Å². The van der Waals surface area contributed by atoms with Gasteiger partial charge in [-0.05, 0) is 47.1 Å². The third-order valence-corrected chi connectivity index (χ3v) is 5.14. The number of fused-ring (bicyclic) bond motifs is 1. The molecule has 0 fully saturated rings. The number of aromatic nitrogens is 3. The lowest BCUT2D eigenvalue weighted by Gasteiger charge is -2.24. The molecule has 5 nitrogen and oxygen atoms in total. The lowest BCUT2D eigenvalue weighted by atomic mass is 9.86. The molecule has 0 aliphatic carbocycles. The van der Waals surface area contributed by atoms with Crippen molar-refractivity contribution < 1.29 is 0 Å². The summed E-state index contributed by atoms with van der Waals surface area (Å²) in [4.78, 5) is 0. The number of hydrogen-bond donors (Lipinski definition) is 1. The van der Waals surface area contributed by atoms with E-state index in [9.17, 15) is 0 Å². The van der Waals surface area contributed by atoms with Crippen LogP contribution in [0, 0.1) is 0 Å². The second-order valence-corrected chi connectivity index (χ2v) is 7.91. The Morgan fingerprint density at radius 3 is 2.37 bits per heavy atom. The van der Waals surface area contributed by atoms with E-state index in [1.807, 2.05) is 19.4 Å². The van der Waals surface area contributed by atoms with Crippen LogP contribution in [0.5, 0.6) is 0 Å². The van der Waals surface area contributed by atoms with Crippen LogP contribution in [0.25, 0.3) is 16.6 Å². The first-order chi connectivity index (χ1) is 12.8. The number of hydrazine groups is 1. The molecule has 0 aliphatic heterocycles. The molecule has 5 heteroatoms. The van der Waals surface area contributed by atoms with Gasteiger partial charge in [-0.25, -0.2) is 5.84 Å². The normalized spacial score (nSPS) is 11.7. The van der Waals surface area contributed by atoms with E-state index in [1.165, 1.54) is 22.3 Å². The van der Waals surface area contributed by atoms with E-state index >= 15 is 0 Å². The Morgan fingerprint density at radius 2 is 1.78 bits per heavy atom. The molecule has 0 atom stereocenters. The van der Waals surface area contributed by atoms with Crippen LogP contribution >= 0.6 is 0 Å². The molecule has 0 radical (unpaired) electrons. The second-order valence-electron chi connectivity index (χ2n) is 7.91. The van der Waals surface area contributed by atoms with Gasteiger partial charge >= 0.3 is 0 Å². The third-order valence-electron chi connectivity index (χ3n) is 5.14. The lowest BCUT2D eigenvalue weighted by molar-refractivity contribution is 0.797. The zero-order valence-electron chi connectivity index (χ0n) is 17.3. The van der Waals surface area contributed by atoms with Crippen LogP contribution < -0.4 is 10.9 Å². The van der Waals surface area contributed by atoms with Crippen molar-refractivity contribution in [1.82, 2.24) is 14.8 Å². The molecule has 2 heterocycles. The molecular formula is C22H31N5. The molecule has 0 saturated heterocycles. The van der Waals surface area contributed by atoms with E-state index in [0.717, 1.165) is 29.6 Å². The number of nitrogens with zero attached hydrogens (tertiary/aromatic N) is 4. The highest BCUT2D eigenvalue weighted by molar-refractivity contribution is 5.77. The maximum Gasteiger partial charge on any atom is 0.0913 e. The highest BCUT2D eigenvalue weighted by Gasteiger charge is 2.19. The zero-order valence-corrected chi connectivity index (χ0v) is 17.3. The van der Waals surface area contributed by atoms with Crippen molar-refractivity contribution in [3.8, 4) is 11.1 Å². The fourth-order valence-corrected chi connectivity index (χ4v) is 3.89. The summed E-state index contributed by atoms with van der Waals surface area (Å²) in [5.74, 6) is 6.93. The minimum absolute atomic E-state index is 0.396. The van der Waals surface area contributed by atoms with Crippen LogP contribution in [0.3, 0.4) is 0 Å². The Kier molecular flexibility index (Phi) is 5.51. The average Bonchev–Trinajstić information content (AvgIpc) is 3.04. The van der Waals surface area contributed by atoms with E-state index in [1.54, 1.807) is 9.64 Å². The lowest BCUT2D eigenvalue weighted by Crippen LogP contribution is -2.27. The summed E-state index contributed by atoms with van der Waals surface area (Å²) in [7, 11) is 1.91. The smallest absolute Gasteiger partial charge is 0.0913 e. The summed E-state index contributed by atoms with van der Waals surface area (Å²) >= 11 is 0. The monoisotopic (exact) mass is 365 g/mol. The third kappa shape index (κ3) is 3.56. The van der Waals surface area contributed by atoms with Gasteiger partial charge in [0.05, 0.1) is 23.6 Å². The van der Waals surface area contributed by atoms with Crippen LogP contribution in [0.1, 0.15) is 69.6 Å². The molecule has 144 valence electrons. The van der Waals surface area contributed by atoms with Gasteiger partial charge in [-0.2, -0.15) is 14.8 Å². The number of hydrogen-bond acceptors (Lipinski definition) is 4. The SMILES string of the molecule is CCCc1c(N(C)N)ccc(-c2cnn3ncc(C(C)C)c3c2)c1C(C)C. The summed E-state index contributed by atoms with van der Waals surface area (Å²) in [5.41, 5.74) is 8.49. The first-order valence-corrected chi connectivity index (χ1v) is 9.83. The summed E-state index contributed by atoms with van der Waals surface area (Å²) < 4.78 is 1.73. The van der Waals surface area contributed by atoms with Gasteiger partial charge in [0.15, 0.2) is 0 Å². The zero-order chi connectivity index (χ0) is 19.7. The van der Waals surface area contributed by atoms with Crippen LogP contribution in [0.2, 0.25) is 0 Å². The molecule has 1 aromatic carbocycles.